The van der Waals surface area contributed by atoms with Gasteiger partial charge in [-0.1, -0.05) is 24.3 Å². The fourth-order valence-corrected chi connectivity index (χ4v) is 2.42. The third-order valence-corrected chi connectivity index (χ3v) is 3.27. The minimum absolute atomic E-state index is 0.0108. The number of allylic oxidation sites excluding steroid dienone is 1. The van der Waals surface area contributed by atoms with Crippen molar-refractivity contribution in [2.24, 2.45) is 15.7 Å². The van der Waals surface area contributed by atoms with Gasteiger partial charge in [0.1, 0.15) is 6.34 Å². The van der Waals surface area contributed by atoms with Crippen molar-refractivity contribution >= 4 is 18.8 Å². The fourth-order valence-electron chi connectivity index (χ4n) is 2.42. The molecule has 0 saturated carbocycles. The number of nitrogens with zero attached hydrogens (tertiary/aromatic N) is 2. The van der Waals surface area contributed by atoms with Crippen LogP contribution in [0.25, 0.3) is 5.70 Å². The molecule has 4 heteroatoms. The van der Waals surface area contributed by atoms with Gasteiger partial charge in [0.05, 0.1) is 18.4 Å². The summed E-state index contributed by atoms with van der Waals surface area (Å²) >= 11 is 0. The van der Waals surface area contributed by atoms with Crippen LogP contribution < -0.4 is 5.73 Å². The third-order valence-electron chi connectivity index (χ3n) is 3.27. The summed E-state index contributed by atoms with van der Waals surface area (Å²) < 4.78 is 5.69. The van der Waals surface area contributed by atoms with Crippen molar-refractivity contribution in [1.29, 1.82) is 0 Å². The first-order chi connectivity index (χ1) is 9.31. The first kappa shape index (κ1) is 13.6. The molecular weight excluding hydrogens is 238 g/mol. The molecule has 0 spiro atoms. The molecule has 1 atom stereocenters. The van der Waals surface area contributed by atoms with Crippen LogP contribution >= 0.6 is 0 Å². The lowest BCUT2D eigenvalue weighted by Crippen LogP contribution is -2.23. The molecule has 2 rings (SSSR count). The van der Waals surface area contributed by atoms with E-state index in [1.807, 2.05) is 19.1 Å². The minimum atomic E-state index is -0.0108. The summed E-state index contributed by atoms with van der Waals surface area (Å²) in [5.74, 6) is 0. The Bertz CT molecular complexity index is 520. The van der Waals surface area contributed by atoms with Gasteiger partial charge in [0, 0.05) is 12.1 Å². The first-order valence-electron chi connectivity index (χ1n) is 6.40. The number of ether oxygens (including phenoxy) is 1. The average molecular weight is 257 g/mol. The van der Waals surface area contributed by atoms with E-state index in [4.69, 9.17) is 10.5 Å². The molecule has 100 valence electrons. The van der Waals surface area contributed by atoms with E-state index in [0.717, 1.165) is 17.7 Å². The number of nitrogens with two attached hydrogens (primary N) is 1. The van der Waals surface area contributed by atoms with E-state index in [1.165, 1.54) is 17.5 Å². The smallest absolute Gasteiger partial charge is 0.115 e. The number of benzene rings is 1. The number of fused-ring (bicyclic) bond motifs is 1. The highest BCUT2D eigenvalue weighted by Gasteiger charge is 2.22. The Hall–Kier alpha value is -1.78. The first-order valence-corrected chi connectivity index (χ1v) is 6.40. The normalized spacial score (nSPS) is 19.5. The van der Waals surface area contributed by atoms with Gasteiger partial charge in [-0.2, -0.15) is 0 Å². The summed E-state index contributed by atoms with van der Waals surface area (Å²) in [5, 5.41) is 0. The molecule has 0 radical (unpaired) electrons. The predicted octanol–water partition coefficient (Wildman–Crippen LogP) is 2.35. The predicted molar refractivity (Wildman–Crippen MR) is 79.6 cm³/mol. The Morgan fingerprint density at radius 1 is 1.58 bits per heavy atom. The van der Waals surface area contributed by atoms with Gasteiger partial charge in [-0.15, -0.1) is 0 Å². The van der Waals surface area contributed by atoms with E-state index in [9.17, 15) is 0 Å². The Balaban J connectivity index is 2.47. The second-order valence-electron chi connectivity index (χ2n) is 4.32. The van der Waals surface area contributed by atoms with Crippen molar-refractivity contribution in [3.05, 3.63) is 41.0 Å². The van der Waals surface area contributed by atoms with E-state index in [0.29, 0.717) is 13.2 Å². The molecule has 0 fully saturated rings. The lowest BCUT2D eigenvalue weighted by Gasteiger charge is -2.27. The highest BCUT2D eigenvalue weighted by molar-refractivity contribution is 5.76. The second kappa shape index (κ2) is 6.41. The molecule has 19 heavy (non-hydrogen) atoms. The summed E-state index contributed by atoms with van der Waals surface area (Å²) in [6, 6.07) is 6.18. The van der Waals surface area contributed by atoms with Crippen LogP contribution in [0.1, 0.15) is 29.7 Å². The maximum Gasteiger partial charge on any atom is 0.115 e. The highest BCUT2D eigenvalue weighted by Crippen LogP contribution is 2.32. The minimum Gasteiger partial charge on any atom is -0.372 e. The fraction of sp³-hybridized carbons (Fsp3) is 0.333. The van der Waals surface area contributed by atoms with Crippen LogP contribution in [0.2, 0.25) is 0 Å². The number of aliphatic imine (C=N–C) groups is 2. The van der Waals surface area contributed by atoms with Crippen LogP contribution in [0, 0.1) is 0 Å². The summed E-state index contributed by atoms with van der Waals surface area (Å²) in [5.41, 5.74) is 10.2. The van der Waals surface area contributed by atoms with Crippen LogP contribution in [-0.4, -0.2) is 26.2 Å². The van der Waals surface area contributed by atoms with Gasteiger partial charge in [-0.3, -0.25) is 4.99 Å². The summed E-state index contributed by atoms with van der Waals surface area (Å²) in [7, 11) is 0. The van der Waals surface area contributed by atoms with E-state index in [2.05, 4.69) is 28.8 Å². The van der Waals surface area contributed by atoms with E-state index in [-0.39, 0.29) is 6.10 Å². The lowest BCUT2D eigenvalue weighted by atomic mass is 9.91. The van der Waals surface area contributed by atoms with Crippen molar-refractivity contribution in [3.8, 4) is 0 Å². The maximum atomic E-state index is 5.76. The standard InChI is InChI=1S/C15H19N3O/c1-3-14(18-10-17-2)12-5-4-6-13-11(12)7-8-19-15(13)9-16/h3-6,10,15H,2,7-9,16H2,1H3/b14-3-,18-10?/t15-/m1/s1. The molecule has 1 aliphatic heterocycles. The van der Waals surface area contributed by atoms with Gasteiger partial charge in [0.2, 0.25) is 0 Å². The van der Waals surface area contributed by atoms with Crippen LogP contribution in [-0.2, 0) is 11.2 Å². The Kier molecular flexibility index (Phi) is 4.60. The Morgan fingerprint density at radius 2 is 2.42 bits per heavy atom. The van der Waals surface area contributed by atoms with Crippen molar-refractivity contribution < 1.29 is 4.74 Å². The largest absolute Gasteiger partial charge is 0.372 e. The number of hydrogen-bond acceptors (Lipinski definition) is 3. The molecule has 0 unspecified atom stereocenters. The van der Waals surface area contributed by atoms with Crippen molar-refractivity contribution in [1.82, 2.24) is 0 Å². The van der Waals surface area contributed by atoms with E-state index < -0.39 is 0 Å². The monoisotopic (exact) mass is 257 g/mol. The molecule has 0 bridgehead atoms. The number of hydrogen-bond donors (Lipinski definition) is 1. The summed E-state index contributed by atoms with van der Waals surface area (Å²) in [6.07, 6.45) is 4.32. The highest BCUT2D eigenvalue weighted by atomic mass is 16.5. The van der Waals surface area contributed by atoms with Crippen LogP contribution in [0.3, 0.4) is 0 Å². The van der Waals surface area contributed by atoms with Gasteiger partial charge in [-0.05, 0) is 31.2 Å². The van der Waals surface area contributed by atoms with Crippen LogP contribution in [0.4, 0.5) is 0 Å². The molecule has 1 aromatic rings. The van der Waals surface area contributed by atoms with Gasteiger partial charge in [0.15, 0.2) is 0 Å². The number of rotatable bonds is 4. The maximum absolute atomic E-state index is 5.76. The topological polar surface area (TPSA) is 60.0 Å². The molecule has 2 N–H and O–H groups in total. The molecule has 1 heterocycles. The average Bonchev–Trinajstić information content (AvgIpc) is 2.47. The summed E-state index contributed by atoms with van der Waals surface area (Å²) in [4.78, 5) is 7.99. The molecule has 0 saturated heterocycles. The van der Waals surface area contributed by atoms with Crippen LogP contribution in [0.15, 0.2) is 34.3 Å². The van der Waals surface area contributed by atoms with Gasteiger partial charge in [0.25, 0.3) is 0 Å². The van der Waals surface area contributed by atoms with Crippen molar-refractivity contribution in [2.45, 2.75) is 19.4 Å². The van der Waals surface area contributed by atoms with E-state index >= 15 is 0 Å². The van der Waals surface area contributed by atoms with E-state index in [1.54, 1.807) is 0 Å². The second-order valence-corrected chi connectivity index (χ2v) is 4.32. The van der Waals surface area contributed by atoms with Crippen molar-refractivity contribution in [2.75, 3.05) is 13.2 Å². The molecular formula is C15H19N3O. The molecule has 0 aliphatic carbocycles. The quantitative estimate of drug-likeness (QED) is 0.665. The zero-order chi connectivity index (χ0) is 13.7. The molecule has 1 aliphatic rings. The third kappa shape index (κ3) is 2.80. The SMILES string of the molecule is C=NC=N/C(=C\C)c1cccc2c1CCO[C@@H]2CN. The molecule has 4 nitrogen and oxygen atoms in total. The van der Waals surface area contributed by atoms with Gasteiger partial charge in [-0.25, -0.2) is 4.99 Å². The Morgan fingerprint density at radius 3 is 3.11 bits per heavy atom. The zero-order valence-electron chi connectivity index (χ0n) is 11.2. The Labute approximate surface area is 113 Å². The van der Waals surface area contributed by atoms with Gasteiger partial charge < -0.3 is 10.5 Å². The van der Waals surface area contributed by atoms with Gasteiger partial charge >= 0.3 is 0 Å². The summed E-state index contributed by atoms with van der Waals surface area (Å²) in [6.45, 7) is 6.58. The lowest BCUT2D eigenvalue weighted by molar-refractivity contribution is 0.0484. The van der Waals surface area contributed by atoms with Crippen LogP contribution in [0.5, 0.6) is 0 Å². The zero-order valence-corrected chi connectivity index (χ0v) is 11.2. The molecule has 0 aromatic heterocycles. The molecule has 1 aromatic carbocycles. The molecule has 0 amide bonds. The van der Waals surface area contributed by atoms with Crippen molar-refractivity contribution in [3.63, 3.8) is 0 Å².